The molecule has 34 heavy (non-hydrogen) atoms. The summed E-state index contributed by atoms with van der Waals surface area (Å²) in [4.78, 5) is 38.2. The number of nitrogens with one attached hydrogen (secondary N) is 1. The van der Waals surface area contributed by atoms with Crippen LogP contribution in [0.4, 0.5) is 11.4 Å². The summed E-state index contributed by atoms with van der Waals surface area (Å²) in [6.45, 7) is 1.57. The van der Waals surface area contributed by atoms with Gasteiger partial charge in [-0.2, -0.15) is 0 Å². The van der Waals surface area contributed by atoms with Gasteiger partial charge in [0.15, 0.2) is 5.70 Å². The van der Waals surface area contributed by atoms with Crippen LogP contribution < -0.4 is 10.1 Å². The fourth-order valence-electron chi connectivity index (χ4n) is 3.21. The molecular formula is C25H19N3O6. The number of esters is 1. The molecule has 1 heterocycles. The van der Waals surface area contributed by atoms with Crippen molar-refractivity contribution in [1.29, 1.82) is 0 Å². The maximum absolute atomic E-state index is 12.3. The fraction of sp³-hybridized carbons (Fsp3) is 0.0800. The number of amides is 1. The van der Waals surface area contributed by atoms with Crippen LogP contribution in [0.2, 0.25) is 0 Å². The van der Waals surface area contributed by atoms with Gasteiger partial charge in [-0.3, -0.25) is 14.9 Å². The van der Waals surface area contributed by atoms with Gasteiger partial charge in [-0.1, -0.05) is 24.3 Å². The quantitative estimate of drug-likeness (QED) is 0.242. The van der Waals surface area contributed by atoms with Crippen LogP contribution >= 0.6 is 0 Å². The average molecular weight is 457 g/mol. The number of cyclic esters (lactones) is 1. The summed E-state index contributed by atoms with van der Waals surface area (Å²) in [6, 6.07) is 20.0. The zero-order chi connectivity index (χ0) is 24.1. The summed E-state index contributed by atoms with van der Waals surface area (Å²) in [6.07, 6.45) is 1.58. The molecule has 0 fully saturated rings. The molecule has 0 saturated heterocycles. The van der Waals surface area contributed by atoms with Crippen LogP contribution in [0.5, 0.6) is 5.75 Å². The number of carbonyl (C=O) groups excluding carboxylic acids is 2. The van der Waals surface area contributed by atoms with Gasteiger partial charge < -0.3 is 14.8 Å². The molecular weight excluding hydrogens is 438 g/mol. The number of carbonyl (C=O) groups is 2. The summed E-state index contributed by atoms with van der Waals surface area (Å²) in [7, 11) is 0. The van der Waals surface area contributed by atoms with E-state index in [2.05, 4.69) is 10.3 Å². The van der Waals surface area contributed by atoms with Crippen molar-refractivity contribution in [3.8, 4) is 5.75 Å². The smallest absolute Gasteiger partial charge is 0.363 e. The van der Waals surface area contributed by atoms with E-state index in [0.717, 1.165) is 0 Å². The molecule has 0 atom stereocenters. The van der Waals surface area contributed by atoms with Gasteiger partial charge in [0.05, 0.1) is 4.92 Å². The van der Waals surface area contributed by atoms with Gasteiger partial charge in [0, 0.05) is 30.3 Å². The number of nitro benzene ring substituents is 1. The minimum absolute atomic E-state index is 0.00208. The van der Waals surface area contributed by atoms with Crippen molar-refractivity contribution >= 4 is 35.2 Å². The minimum Gasteiger partial charge on any atom is -0.489 e. The highest BCUT2D eigenvalue weighted by atomic mass is 16.6. The Bertz CT molecular complexity index is 1330. The summed E-state index contributed by atoms with van der Waals surface area (Å²) in [5, 5.41) is 13.6. The Balaban J connectivity index is 1.47. The lowest BCUT2D eigenvalue weighted by Gasteiger charge is -2.07. The topological polar surface area (TPSA) is 120 Å². The highest BCUT2D eigenvalue weighted by Gasteiger charge is 2.24. The van der Waals surface area contributed by atoms with Crippen LogP contribution in [0, 0.1) is 10.1 Å². The summed E-state index contributed by atoms with van der Waals surface area (Å²) >= 11 is 0. The first-order valence-corrected chi connectivity index (χ1v) is 10.2. The zero-order valence-corrected chi connectivity index (χ0v) is 18.1. The summed E-state index contributed by atoms with van der Waals surface area (Å²) in [5.41, 5.74) is 2.69. The molecule has 1 amide bonds. The monoisotopic (exact) mass is 457 g/mol. The Labute approximate surface area is 194 Å². The molecule has 0 unspecified atom stereocenters. The number of non-ortho nitro benzene ring substituents is 1. The number of ether oxygens (including phenoxy) is 2. The molecule has 0 aliphatic carbocycles. The lowest BCUT2D eigenvalue weighted by molar-refractivity contribution is -0.384. The number of hydrogen-bond donors (Lipinski definition) is 1. The first kappa shape index (κ1) is 22.4. The Morgan fingerprint density at radius 2 is 1.88 bits per heavy atom. The van der Waals surface area contributed by atoms with E-state index in [1.807, 2.05) is 0 Å². The second-order valence-electron chi connectivity index (χ2n) is 7.38. The highest BCUT2D eigenvalue weighted by molar-refractivity contribution is 6.13. The molecule has 9 heteroatoms. The highest BCUT2D eigenvalue weighted by Crippen LogP contribution is 2.23. The predicted molar refractivity (Wildman–Crippen MR) is 125 cm³/mol. The molecule has 4 rings (SSSR count). The van der Waals surface area contributed by atoms with Crippen molar-refractivity contribution in [3.63, 3.8) is 0 Å². The van der Waals surface area contributed by atoms with Crippen molar-refractivity contribution in [1.82, 2.24) is 0 Å². The largest absolute Gasteiger partial charge is 0.489 e. The normalized spacial score (nSPS) is 13.9. The van der Waals surface area contributed by atoms with Crippen LogP contribution in [-0.2, 0) is 20.9 Å². The van der Waals surface area contributed by atoms with Crippen molar-refractivity contribution in [2.24, 2.45) is 4.99 Å². The van der Waals surface area contributed by atoms with Crippen molar-refractivity contribution in [2.75, 3.05) is 5.32 Å². The number of nitrogens with zero attached hydrogens (tertiary/aromatic N) is 2. The van der Waals surface area contributed by atoms with Crippen LogP contribution in [-0.4, -0.2) is 22.7 Å². The van der Waals surface area contributed by atoms with E-state index in [1.54, 1.807) is 66.7 Å². The lowest BCUT2D eigenvalue weighted by atomic mass is 10.2. The molecule has 3 aromatic carbocycles. The minimum atomic E-state index is -0.580. The first-order chi connectivity index (χ1) is 16.4. The van der Waals surface area contributed by atoms with E-state index in [9.17, 15) is 19.7 Å². The van der Waals surface area contributed by atoms with Gasteiger partial charge in [-0.05, 0) is 53.6 Å². The third kappa shape index (κ3) is 5.52. The van der Waals surface area contributed by atoms with Gasteiger partial charge in [-0.25, -0.2) is 9.79 Å². The zero-order valence-electron chi connectivity index (χ0n) is 18.1. The third-order valence-electron chi connectivity index (χ3n) is 4.76. The van der Waals surface area contributed by atoms with Crippen LogP contribution in [0.25, 0.3) is 6.08 Å². The number of nitro groups is 1. The van der Waals surface area contributed by atoms with E-state index in [-0.39, 0.29) is 29.8 Å². The molecule has 1 aliphatic rings. The van der Waals surface area contributed by atoms with Gasteiger partial charge in [-0.15, -0.1) is 0 Å². The molecule has 0 saturated carbocycles. The molecule has 3 aromatic rings. The first-order valence-electron chi connectivity index (χ1n) is 10.2. The number of anilines is 1. The Morgan fingerprint density at radius 3 is 2.62 bits per heavy atom. The van der Waals surface area contributed by atoms with Crippen molar-refractivity contribution in [3.05, 3.63) is 105 Å². The van der Waals surface area contributed by atoms with Gasteiger partial charge in [0.25, 0.3) is 5.69 Å². The van der Waals surface area contributed by atoms with Gasteiger partial charge in [0.2, 0.25) is 11.8 Å². The molecule has 0 bridgehead atoms. The molecule has 1 aliphatic heterocycles. The van der Waals surface area contributed by atoms with E-state index in [4.69, 9.17) is 9.47 Å². The SMILES string of the molecule is CC(=O)Nc1ccc(C2=N/C(=C\c3cccc(OCc4cccc([N+](=O)[O-])c4)c3)C(=O)O2)cc1. The standard InChI is InChI=1S/C25H19N3O6/c1-16(29)26-20-10-8-19(9-11-20)24-27-23(25(30)34-24)14-17-4-3-7-22(13-17)33-15-18-5-2-6-21(12-18)28(31)32/h2-14H,15H2,1H3,(H,26,29)/b23-14-. The predicted octanol–water partition coefficient (Wildman–Crippen LogP) is 4.48. The van der Waals surface area contributed by atoms with Crippen molar-refractivity contribution in [2.45, 2.75) is 13.5 Å². The van der Waals surface area contributed by atoms with E-state index >= 15 is 0 Å². The number of rotatable bonds is 7. The van der Waals surface area contributed by atoms with Crippen LogP contribution in [0.1, 0.15) is 23.6 Å². The van der Waals surface area contributed by atoms with Gasteiger partial charge >= 0.3 is 5.97 Å². The van der Waals surface area contributed by atoms with E-state index in [0.29, 0.717) is 28.1 Å². The molecule has 0 spiro atoms. The maximum atomic E-state index is 12.3. The third-order valence-corrected chi connectivity index (χ3v) is 4.76. The molecule has 1 N–H and O–H groups in total. The molecule has 9 nitrogen and oxygen atoms in total. The maximum Gasteiger partial charge on any atom is 0.363 e. The fourth-order valence-corrected chi connectivity index (χ4v) is 3.21. The molecule has 0 aromatic heterocycles. The number of benzene rings is 3. The Hall–Kier alpha value is -4.79. The summed E-state index contributed by atoms with van der Waals surface area (Å²) in [5.74, 6) is -0.0589. The van der Waals surface area contributed by atoms with Crippen LogP contribution in [0.3, 0.4) is 0 Å². The number of hydrogen-bond acceptors (Lipinski definition) is 7. The Kier molecular flexibility index (Phi) is 6.45. The molecule has 0 radical (unpaired) electrons. The van der Waals surface area contributed by atoms with Gasteiger partial charge in [0.1, 0.15) is 12.4 Å². The number of aliphatic imine (C=N–C) groups is 1. The van der Waals surface area contributed by atoms with Crippen LogP contribution in [0.15, 0.2) is 83.5 Å². The van der Waals surface area contributed by atoms with Crippen molar-refractivity contribution < 1.29 is 24.0 Å². The summed E-state index contributed by atoms with van der Waals surface area (Å²) < 4.78 is 11.0. The lowest BCUT2D eigenvalue weighted by Crippen LogP contribution is -2.07. The second kappa shape index (κ2) is 9.78. The van der Waals surface area contributed by atoms with E-state index < -0.39 is 10.9 Å². The Morgan fingerprint density at radius 1 is 1.12 bits per heavy atom. The average Bonchev–Trinajstić information content (AvgIpc) is 3.18. The second-order valence-corrected chi connectivity index (χ2v) is 7.38. The van der Waals surface area contributed by atoms with E-state index in [1.165, 1.54) is 19.1 Å². The molecule has 170 valence electrons.